The number of nitrogens with two attached hydrogens (primary N) is 1. The largest absolute Gasteiger partial charge is 0.375 e. The van der Waals surface area contributed by atoms with E-state index in [0.29, 0.717) is 38.3 Å². The van der Waals surface area contributed by atoms with E-state index in [4.69, 9.17) is 10.5 Å². The Kier molecular flexibility index (Phi) is 7.31. The topological polar surface area (TPSA) is 75.9 Å². The Morgan fingerprint density at radius 2 is 1.64 bits per heavy atom. The number of carbonyl (C=O) groups is 2. The Morgan fingerprint density at radius 1 is 1.09 bits per heavy atom. The summed E-state index contributed by atoms with van der Waals surface area (Å²) in [5.41, 5.74) is 7.20. The van der Waals surface area contributed by atoms with Crippen LogP contribution in [0, 0.1) is 0 Å². The van der Waals surface area contributed by atoms with E-state index in [1.165, 1.54) is 7.11 Å². The zero-order valence-electron chi connectivity index (χ0n) is 12.7. The van der Waals surface area contributed by atoms with Crippen LogP contribution in [0.2, 0.25) is 0 Å². The zero-order valence-corrected chi connectivity index (χ0v) is 13.5. The van der Waals surface area contributed by atoms with Gasteiger partial charge in [-0.2, -0.15) is 0 Å². The molecule has 0 bridgehead atoms. The normalized spacial score (nSPS) is 14.5. The minimum absolute atomic E-state index is 0. The molecule has 0 spiro atoms. The average Bonchev–Trinajstić information content (AvgIpc) is 2.54. The summed E-state index contributed by atoms with van der Waals surface area (Å²) < 4.78 is 4.84. The molecular formula is C15H22ClN3O3. The lowest BCUT2D eigenvalue weighted by molar-refractivity contribution is -0.136. The molecule has 7 heteroatoms. The molecule has 1 heterocycles. The molecule has 1 aromatic carbocycles. The highest BCUT2D eigenvalue weighted by atomic mass is 35.5. The van der Waals surface area contributed by atoms with Gasteiger partial charge in [0, 0.05) is 45.4 Å². The predicted octanol–water partition coefficient (Wildman–Crippen LogP) is 0.498. The van der Waals surface area contributed by atoms with E-state index >= 15 is 0 Å². The first-order valence-corrected chi connectivity index (χ1v) is 7.00. The third kappa shape index (κ3) is 4.43. The number of methoxy groups -OCH3 is 1. The fourth-order valence-corrected chi connectivity index (χ4v) is 2.34. The number of piperazine rings is 1. The molecule has 1 saturated heterocycles. The lowest BCUT2D eigenvalue weighted by atomic mass is 10.1. The summed E-state index contributed by atoms with van der Waals surface area (Å²) in [6, 6.07) is 7.33. The van der Waals surface area contributed by atoms with E-state index in [1.54, 1.807) is 21.9 Å². The molecule has 0 aliphatic carbocycles. The van der Waals surface area contributed by atoms with Crippen LogP contribution in [0.1, 0.15) is 15.9 Å². The van der Waals surface area contributed by atoms with Crippen LogP contribution >= 0.6 is 12.4 Å². The fourth-order valence-electron chi connectivity index (χ4n) is 2.34. The van der Waals surface area contributed by atoms with Gasteiger partial charge in [0.2, 0.25) is 5.91 Å². The molecule has 2 amide bonds. The number of rotatable bonds is 4. The van der Waals surface area contributed by atoms with E-state index in [9.17, 15) is 9.59 Å². The third-order valence-electron chi connectivity index (χ3n) is 3.62. The molecule has 0 saturated carbocycles. The second-order valence-electron chi connectivity index (χ2n) is 5.01. The van der Waals surface area contributed by atoms with Crippen molar-refractivity contribution in [3.8, 4) is 0 Å². The van der Waals surface area contributed by atoms with Gasteiger partial charge in [-0.05, 0) is 17.7 Å². The second-order valence-corrected chi connectivity index (χ2v) is 5.01. The molecular weight excluding hydrogens is 306 g/mol. The maximum atomic E-state index is 12.4. The summed E-state index contributed by atoms with van der Waals surface area (Å²) in [4.78, 5) is 27.6. The molecule has 1 aromatic rings. The quantitative estimate of drug-likeness (QED) is 0.873. The molecule has 0 unspecified atom stereocenters. The van der Waals surface area contributed by atoms with Crippen LogP contribution < -0.4 is 5.73 Å². The summed E-state index contributed by atoms with van der Waals surface area (Å²) in [5, 5.41) is 0. The summed E-state index contributed by atoms with van der Waals surface area (Å²) in [6.45, 7) is 2.76. The maximum absolute atomic E-state index is 12.4. The molecule has 122 valence electrons. The van der Waals surface area contributed by atoms with Gasteiger partial charge in [0.05, 0.1) is 0 Å². The second kappa shape index (κ2) is 8.73. The minimum atomic E-state index is -0.0307. The van der Waals surface area contributed by atoms with Gasteiger partial charge in [0.25, 0.3) is 5.91 Å². The van der Waals surface area contributed by atoms with Crippen LogP contribution in [-0.2, 0) is 16.1 Å². The standard InChI is InChI=1S/C15H21N3O3.ClH/c1-21-11-14(19)17-6-8-18(9-7-17)15(20)13-4-2-12(10-16)3-5-13;/h2-5H,6-11,16H2,1H3;1H. The van der Waals surface area contributed by atoms with Crippen molar-refractivity contribution in [1.82, 2.24) is 9.80 Å². The molecule has 6 nitrogen and oxygen atoms in total. The van der Waals surface area contributed by atoms with Crippen LogP contribution in [-0.4, -0.2) is 61.5 Å². The van der Waals surface area contributed by atoms with Gasteiger partial charge in [0.15, 0.2) is 0 Å². The average molecular weight is 328 g/mol. The summed E-state index contributed by atoms with van der Waals surface area (Å²) in [5.74, 6) is -0.0330. The monoisotopic (exact) mass is 327 g/mol. The number of hydrogen-bond donors (Lipinski definition) is 1. The van der Waals surface area contributed by atoms with E-state index in [0.717, 1.165) is 5.56 Å². The van der Waals surface area contributed by atoms with Crippen molar-refractivity contribution in [2.75, 3.05) is 39.9 Å². The van der Waals surface area contributed by atoms with Crippen LogP contribution in [0.5, 0.6) is 0 Å². The maximum Gasteiger partial charge on any atom is 0.253 e. The molecule has 0 atom stereocenters. The number of ether oxygens (including phenoxy) is 1. The molecule has 22 heavy (non-hydrogen) atoms. The lowest BCUT2D eigenvalue weighted by Gasteiger charge is -2.34. The first-order valence-electron chi connectivity index (χ1n) is 7.00. The van der Waals surface area contributed by atoms with Crippen LogP contribution in [0.15, 0.2) is 24.3 Å². The number of benzene rings is 1. The summed E-state index contributed by atoms with van der Waals surface area (Å²) in [6.07, 6.45) is 0. The van der Waals surface area contributed by atoms with Crippen LogP contribution in [0.3, 0.4) is 0 Å². The highest BCUT2D eigenvalue weighted by Crippen LogP contribution is 2.10. The highest BCUT2D eigenvalue weighted by molar-refractivity contribution is 5.94. The molecule has 0 radical (unpaired) electrons. The smallest absolute Gasteiger partial charge is 0.253 e. The van der Waals surface area contributed by atoms with Crippen molar-refractivity contribution in [2.24, 2.45) is 5.73 Å². The Balaban J connectivity index is 0.00000242. The summed E-state index contributed by atoms with van der Waals surface area (Å²) in [7, 11) is 1.50. The minimum Gasteiger partial charge on any atom is -0.375 e. The van der Waals surface area contributed by atoms with Gasteiger partial charge in [-0.25, -0.2) is 0 Å². The molecule has 1 aliphatic rings. The molecule has 0 aromatic heterocycles. The van der Waals surface area contributed by atoms with Gasteiger partial charge in [-0.1, -0.05) is 12.1 Å². The van der Waals surface area contributed by atoms with Gasteiger partial charge < -0.3 is 20.3 Å². The number of nitrogens with zero attached hydrogens (tertiary/aromatic N) is 2. The van der Waals surface area contributed by atoms with Crippen LogP contribution in [0.25, 0.3) is 0 Å². The van der Waals surface area contributed by atoms with Crippen molar-refractivity contribution >= 4 is 24.2 Å². The number of hydrogen-bond acceptors (Lipinski definition) is 4. The van der Waals surface area contributed by atoms with Gasteiger partial charge in [-0.15, -0.1) is 12.4 Å². The van der Waals surface area contributed by atoms with Crippen molar-refractivity contribution < 1.29 is 14.3 Å². The van der Waals surface area contributed by atoms with E-state index < -0.39 is 0 Å². The Bertz CT molecular complexity index is 499. The molecule has 2 N–H and O–H groups in total. The molecule has 1 aliphatic heterocycles. The fraction of sp³-hybridized carbons (Fsp3) is 0.467. The lowest BCUT2D eigenvalue weighted by Crippen LogP contribution is -2.51. The van der Waals surface area contributed by atoms with E-state index in [-0.39, 0.29) is 30.8 Å². The third-order valence-corrected chi connectivity index (χ3v) is 3.62. The first kappa shape index (κ1) is 18.4. The number of amides is 2. The van der Waals surface area contributed by atoms with Crippen LogP contribution in [0.4, 0.5) is 0 Å². The van der Waals surface area contributed by atoms with E-state index in [2.05, 4.69) is 0 Å². The first-order chi connectivity index (χ1) is 10.2. The number of halogens is 1. The van der Waals surface area contributed by atoms with Gasteiger partial charge in [-0.3, -0.25) is 9.59 Å². The molecule has 2 rings (SSSR count). The number of carbonyl (C=O) groups excluding carboxylic acids is 2. The highest BCUT2D eigenvalue weighted by Gasteiger charge is 2.24. The SMILES string of the molecule is COCC(=O)N1CCN(C(=O)c2ccc(CN)cc2)CC1.Cl. The van der Waals surface area contributed by atoms with E-state index in [1.807, 2.05) is 12.1 Å². The zero-order chi connectivity index (χ0) is 15.2. The Hall–Kier alpha value is -1.63. The van der Waals surface area contributed by atoms with Gasteiger partial charge >= 0.3 is 0 Å². The van der Waals surface area contributed by atoms with Crippen molar-refractivity contribution in [3.05, 3.63) is 35.4 Å². The molecule has 1 fully saturated rings. The van der Waals surface area contributed by atoms with Crippen molar-refractivity contribution in [2.45, 2.75) is 6.54 Å². The van der Waals surface area contributed by atoms with Gasteiger partial charge in [0.1, 0.15) is 6.61 Å². The van der Waals surface area contributed by atoms with Crippen molar-refractivity contribution in [3.63, 3.8) is 0 Å². The summed E-state index contributed by atoms with van der Waals surface area (Å²) >= 11 is 0. The predicted molar refractivity (Wildman–Crippen MR) is 85.9 cm³/mol. The Labute approximate surface area is 136 Å². The Morgan fingerprint density at radius 3 is 2.14 bits per heavy atom. The van der Waals surface area contributed by atoms with Crippen molar-refractivity contribution in [1.29, 1.82) is 0 Å².